The number of aryl methyl sites for hydroxylation is 3. The Morgan fingerprint density at radius 3 is 2.81 bits per heavy atom. The predicted octanol–water partition coefficient (Wildman–Crippen LogP) is 0.820. The highest BCUT2D eigenvalue weighted by molar-refractivity contribution is 5.05. The molecule has 0 aliphatic heterocycles. The highest BCUT2D eigenvalue weighted by Crippen LogP contribution is 2.16. The Bertz CT molecular complexity index is 460. The molecule has 0 saturated carbocycles. The topological polar surface area (TPSA) is 55.9 Å². The van der Waals surface area contributed by atoms with Gasteiger partial charge in [-0.2, -0.15) is 5.10 Å². The number of hydrogen-bond donors (Lipinski definition) is 1. The summed E-state index contributed by atoms with van der Waals surface area (Å²) >= 11 is 0. The SMILES string of the molecule is Cn1cc(CCC(O)c2nccn2C)cn1. The molecule has 0 fully saturated rings. The van der Waals surface area contributed by atoms with E-state index in [0.29, 0.717) is 12.2 Å². The van der Waals surface area contributed by atoms with Gasteiger partial charge in [-0.15, -0.1) is 0 Å². The van der Waals surface area contributed by atoms with Crippen molar-refractivity contribution in [2.75, 3.05) is 0 Å². The summed E-state index contributed by atoms with van der Waals surface area (Å²) in [7, 11) is 3.77. The molecule has 0 amide bonds. The molecule has 2 heterocycles. The van der Waals surface area contributed by atoms with Crippen molar-refractivity contribution in [3.63, 3.8) is 0 Å². The van der Waals surface area contributed by atoms with Gasteiger partial charge in [-0.1, -0.05) is 0 Å². The van der Waals surface area contributed by atoms with Crippen molar-refractivity contribution in [1.29, 1.82) is 0 Å². The first-order chi connectivity index (χ1) is 7.66. The van der Waals surface area contributed by atoms with Crippen LogP contribution in [0.3, 0.4) is 0 Å². The maximum absolute atomic E-state index is 9.95. The summed E-state index contributed by atoms with van der Waals surface area (Å²) in [6.45, 7) is 0. The van der Waals surface area contributed by atoms with Gasteiger partial charge in [-0.3, -0.25) is 4.68 Å². The number of imidazole rings is 1. The lowest BCUT2D eigenvalue weighted by Crippen LogP contribution is -2.06. The zero-order valence-corrected chi connectivity index (χ0v) is 9.54. The van der Waals surface area contributed by atoms with Gasteiger partial charge in [0.25, 0.3) is 0 Å². The Morgan fingerprint density at radius 2 is 2.25 bits per heavy atom. The quantitative estimate of drug-likeness (QED) is 0.830. The van der Waals surface area contributed by atoms with Crippen LogP contribution in [-0.4, -0.2) is 24.4 Å². The maximum Gasteiger partial charge on any atom is 0.137 e. The van der Waals surface area contributed by atoms with E-state index in [4.69, 9.17) is 0 Å². The maximum atomic E-state index is 9.95. The van der Waals surface area contributed by atoms with E-state index in [1.165, 1.54) is 0 Å². The van der Waals surface area contributed by atoms with Crippen LogP contribution in [0.15, 0.2) is 24.8 Å². The van der Waals surface area contributed by atoms with E-state index in [0.717, 1.165) is 12.0 Å². The minimum absolute atomic E-state index is 0.514. The van der Waals surface area contributed by atoms with E-state index in [2.05, 4.69) is 10.1 Å². The molecule has 2 aromatic rings. The third-order valence-corrected chi connectivity index (χ3v) is 2.62. The summed E-state index contributed by atoms with van der Waals surface area (Å²) in [6, 6.07) is 0. The molecule has 1 N–H and O–H groups in total. The van der Waals surface area contributed by atoms with Gasteiger partial charge < -0.3 is 9.67 Å². The molecule has 5 nitrogen and oxygen atoms in total. The lowest BCUT2D eigenvalue weighted by molar-refractivity contribution is 0.154. The molecule has 0 saturated heterocycles. The van der Waals surface area contributed by atoms with Gasteiger partial charge in [0.1, 0.15) is 11.9 Å². The lowest BCUT2D eigenvalue weighted by atomic mass is 10.1. The molecule has 1 atom stereocenters. The molecular formula is C11H16N4O. The minimum atomic E-state index is -0.514. The van der Waals surface area contributed by atoms with Crippen molar-refractivity contribution >= 4 is 0 Å². The fraction of sp³-hybridized carbons (Fsp3) is 0.455. The molecule has 0 aromatic carbocycles. The fourth-order valence-electron chi connectivity index (χ4n) is 1.73. The smallest absolute Gasteiger partial charge is 0.137 e. The van der Waals surface area contributed by atoms with Crippen LogP contribution in [0.1, 0.15) is 23.9 Å². The second kappa shape index (κ2) is 4.49. The Balaban J connectivity index is 1.93. The highest BCUT2D eigenvalue weighted by atomic mass is 16.3. The van der Waals surface area contributed by atoms with Crippen LogP contribution in [-0.2, 0) is 20.5 Å². The summed E-state index contributed by atoms with van der Waals surface area (Å²) in [5.41, 5.74) is 1.13. The van der Waals surface area contributed by atoms with Gasteiger partial charge >= 0.3 is 0 Å². The van der Waals surface area contributed by atoms with Crippen molar-refractivity contribution in [2.24, 2.45) is 14.1 Å². The van der Waals surface area contributed by atoms with Crippen LogP contribution in [0, 0.1) is 0 Å². The number of aliphatic hydroxyl groups excluding tert-OH is 1. The molecule has 0 aliphatic carbocycles. The largest absolute Gasteiger partial charge is 0.385 e. The molecule has 2 aromatic heterocycles. The van der Waals surface area contributed by atoms with Gasteiger partial charge in [0.15, 0.2) is 0 Å². The Kier molecular flexibility index (Phi) is 3.05. The minimum Gasteiger partial charge on any atom is -0.385 e. The third kappa shape index (κ3) is 2.30. The van der Waals surface area contributed by atoms with Gasteiger partial charge in [-0.25, -0.2) is 4.98 Å². The summed E-state index contributed by atoms with van der Waals surface area (Å²) in [5.74, 6) is 0.712. The van der Waals surface area contributed by atoms with Gasteiger partial charge in [0, 0.05) is 32.7 Å². The van der Waals surface area contributed by atoms with E-state index in [-0.39, 0.29) is 0 Å². The third-order valence-electron chi connectivity index (χ3n) is 2.62. The molecule has 1 unspecified atom stereocenters. The van der Waals surface area contributed by atoms with Gasteiger partial charge in [-0.05, 0) is 18.4 Å². The highest BCUT2D eigenvalue weighted by Gasteiger charge is 2.12. The van der Waals surface area contributed by atoms with E-state index >= 15 is 0 Å². The van der Waals surface area contributed by atoms with E-state index < -0.39 is 6.10 Å². The number of rotatable bonds is 4. The fourth-order valence-corrected chi connectivity index (χ4v) is 1.73. The van der Waals surface area contributed by atoms with E-state index in [9.17, 15) is 5.11 Å². The summed E-state index contributed by atoms with van der Waals surface area (Å²) in [5, 5.41) is 14.0. The molecule has 86 valence electrons. The van der Waals surface area contributed by atoms with Crippen molar-refractivity contribution < 1.29 is 5.11 Å². The molecular weight excluding hydrogens is 204 g/mol. The Hall–Kier alpha value is -1.62. The first-order valence-corrected chi connectivity index (χ1v) is 5.29. The van der Waals surface area contributed by atoms with Crippen molar-refractivity contribution in [1.82, 2.24) is 19.3 Å². The number of hydrogen-bond acceptors (Lipinski definition) is 3. The first-order valence-electron chi connectivity index (χ1n) is 5.29. The van der Waals surface area contributed by atoms with Crippen LogP contribution < -0.4 is 0 Å². The standard InChI is InChI=1S/C11H16N4O/c1-14-6-5-12-11(14)10(16)4-3-9-7-13-15(2)8-9/h5-8,10,16H,3-4H2,1-2H3. The Morgan fingerprint density at radius 1 is 1.44 bits per heavy atom. The van der Waals surface area contributed by atoms with Crippen molar-refractivity contribution in [2.45, 2.75) is 18.9 Å². The molecule has 2 rings (SSSR count). The van der Waals surface area contributed by atoms with Crippen LogP contribution in [0.5, 0.6) is 0 Å². The predicted molar refractivity (Wildman–Crippen MR) is 59.7 cm³/mol. The second-order valence-corrected chi connectivity index (χ2v) is 3.97. The zero-order valence-electron chi connectivity index (χ0n) is 9.54. The Labute approximate surface area is 94.4 Å². The summed E-state index contributed by atoms with van der Waals surface area (Å²) < 4.78 is 3.61. The van der Waals surface area contributed by atoms with E-state index in [1.54, 1.807) is 10.9 Å². The molecule has 0 spiro atoms. The summed E-state index contributed by atoms with van der Waals surface area (Å²) in [4.78, 5) is 4.13. The van der Waals surface area contributed by atoms with Gasteiger partial charge in [0.05, 0.1) is 6.20 Å². The molecule has 16 heavy (non-hydrogen) atoms. The van der Waals surface area contributed by atoms with Crippen LogP contribution >= 0.6 is 0 Å². The van der Waals surface area contributed by atoms with Crippen molar-refractivity contribution in [3.05, 3.63) is 36.2 Å². The van der Waals surface area contributed by atoms with Crippen LogP contribution in [0.2, 0.25) is 0 Å². The van der Waals surface area contributed by atoms with Crippen molar-refractivity contribution in [3.8, 4) is 0 Å². The first kappa shape index (κ1) is 10.9. The molecule has 0 aliphatic rings. The van der Waals surface area contributed by atoms with Crippen LogP contribution in [0.4, 0.5) is 0 Å². The molecule has 5 heteroatoms. The zero-order chi connectivity index (χ0) is 11.5. The molecule has 0 bridgehead atoms. The second-order valence-electron chi connectivity index (χ2n) is 3.97. The molecule has 0 radical (unpaired) electrons. The van der Waals surface area contributed by atoms with Gasteiger partial charge in [0.2, 0.25) is 0 Å². The lowest BCUT2D eigenvalue weighted by Gasteiger charge is -2.09. The van der Waals surface area contributed by atoms with Crippen LogP contribution in [0.25, 0.3) is 0 Å². The number of nitrogens with zero attached hydrogens (tertiary/aromatic N) is 4. The number of aliphatic hydroxyl groups is 1. The van der Waals surface area contributed by atoms with E-state index in [1.807, 2.05) is 37.3 Å². The normalized spacial score (nSPS) is 12.9. The summed E-state index contributed by atoms with van der Waals surface area (Å²) in [6.07, 6.45) is 8.28. The average molecular weight is 220 g/mol. The average Bonchev–Trinajstić information content (AvgIpc) is 2.84. The monoisotopic (exact) mass is 220 g/mol. The number of aromatic nitrogens is 4.